The third-order valence-electron chi connectivity index (χ3n) is 3.20. The van der Waals surface area contributed by atoms with E-state index in [1.165, 1.54) is 7.11 Å². The molecule has 6 heteroatoms. The fourth-order valence-electron chi connectivity index (χ4n) is 1.97. The highest BCUT2D eigenvalue weighted by molar-refractivity contribution is 7.80. The van der Waals surface area contributed by atoms with Crippen LogP contribution in [0.4, 0.5) is 0 Å². The standard InChI is InChI=1S/C17H17ClN2O2S/c1-22-16-10-13(4-7-15(16)21)11-20(17(19)23)9-8-12-2-5-14(18)6-3-12/h2-10,21H,11H2,1H3,(H2,19,23). The molecule has 0 aliphatic carbocycles. The Morgan fingerprint density at radius 2 is 2.00 bits per heavy atom. The van der Waals surface area contributed by atoms with E-state index >= 15 is 0 Å². The predicted octanol–water partition coefficient (Wildman–Crippen LogP) is 3.77. The van der Waals surface area contributed by atoms with Gasteiger partial charge in [-0.25, -0.2) is 0 Å². The molecule has 2 aromatic carbocycles. The minimum atomic E-state index is 0.0924. The van der Waals surface area contributed by atoms with E-state index in [9.17, 15) is 5.11 Å². The number of ether oxygens (including phenoxy) is 1. The average Bonchev–Trinajstić information content (AvgIpc) is 2.54. The summed E-state index contributed by atoms with van der Waals surface area (Å²) in [6.45, 7) is 0.468. The molecule has 0 aliphatic rings. The van der Waals surface area contributed by atoms with Crippen molar-refractivity contribution in [1.29, 1.82) is 0 Å². The van der Waals surface area contributed by atoms with Crippen molar-refractivity contribution in [1.82, 2.24) is 4.90 Å². The van der Waals surface area contributed by atoms with Crippen LogP contribution >= 0.6 is 23.8 Å². The van der Waals surface area contributed by atoms with Gasteiger partial charge >= 0.3 is 0 Å². The predicted molar refractivity (Wildman–Crippen MR) is 97.5 cm³/mol. The summed E-state index contributed by atoms with van der Waals surface area (Å²) in [5.41, 5.74) is 7.67. The number of methoxy groups -OCH3 is 1. The third kappa shape index (κ3) is 4.87. The lowest BCUT2D eigenvalue weighted by molar-refractivity contribution is 0.372. The highest BCUT2D eigenvalue weighted by Crippen LogP contribution is 2.26. The van der Waals surface area contributed by atoms with Crippen molar-refractivity contribution in [3.63, 3.8) is 0 Å². The molecule has 120 valence electrons. The van der Waals surface area contributed by atoms with Crippen LogP contribution < -0.4 is 10.5 Å². The fraction of sp³-hybridized carbons (Fsp3) is 0.118. The van der Waals surface area contributed by atoms with Gasteiger partial charge in [-0.1, -0.05) is 29.8 Å². The monoisotopic (exact) mass is 348 g/mol. The maximum Gasteiger partial charge on any atom is 0.170 e. The van der Waals surface area contributed by atoms with Crippen LogP contribution in [0.3, 0.4) is 0 Å². The van der Waals surface area contributed by atoms with Crippen LogP contribution in [0, 0.1) is 0 Å². The Labute approximate surface area is 145 Å². The van der Waals surface area contributed by atoms with Crippen molar-refractivity contribution in [2.75, 3.05) is 7.11 Å². The van der Waals surface area contributed by atoms with Gasteiger partial charge in [0.2, 0.25) is 0 Å². The lowest BCUT2D eigenvalue weighted by Crippen LogP contribution is -2.30. The van der Waals surface area contributed by atoms with Crippen LogP contribution in [0.15, 0.2) is 48.7 Å². The van der Waals surface area contributed by atoms with Crippen molar-refractivity contribution < 1.29 is 9.84 Å². The zero-order valence-electron chi connectivity index (χ0n) is 12.6. The summed E-state index contributed by atoms with van der Waals surface area (Å²) in [6, 6.07) is 12.6. The summed E-state index contributed by atoms with van der Waals surface area (Å²) < 4.78 is 5.11. The maximum atomic E-state index is 9.64. The zero-order chi connectivity index (χ0) is 16.8. The van der Waals surface area contributed by atoms with Gasteiger partial charge in [-0.2, -0.15) is 0 Å². The highest BCUT2D eigenvalue weighted by Gasteiger charge is 2.07. The van der Waals surface area contributed by atoms with Crippen LogP contribution in [0.25, 0.3) is 6.08 Å². The Kier molecular flexibility index (Phi) is 5.84. The smallest absolute Gasteiger partial charge is 0.170 e. The lowest BCUT2D eigenvalue weighted by atomic mass is 10.2. The van der Waals surface area contributed by atoms with Gasteiger partial charge in [-0.15, -0.1) is 0 Å². The van der Waals surface area contributed by atoms with Crippen LogP contribution in [-0.2, 0) is 6.54 Å². The highest BCUT2D eigenvalue weighted by atomic mass is 35.5. The van der Waals surface area contributed by atoms with E-state index in [4.69, 9.17) is 34.3 Å². The van der Waals surface area contributed by atoms with E-state index in [2.05, 4.69) is 0 Å². The maximum absolute atomic E-state index is 9.64. The molecule has 2 aromatic rings. The second-order valence-corrected chi connectivity index (χ2v) is 5.69. The SMILES string of the molecule is COc1cc(CN(C=Cc2ccc(Cl)cc2)C(N)=S)ccc1O. The van der Waals surface area contributed by atoms with Crippen LogP contribution in [0.5, 0.6) is 11.5 Å². The summed E-state index contributed by atoms with van der Waals surface area (Å²) in [7, 11) is 1.50. The molecule has 2 rings (SSSR count). The quantitative estimate of drug-likeness (QED) is 0.805. The van der Waals surface area contributed by atoms with E-state index in [0.29, 0.717) is 17.3 Å². The van der Waals surface area contributed by atoms with E-state index in [1.54, 1.807) is 23.1 Å². The van der Waals surface area contributed by atoms with Crippen LogP contribution in [0.1, 0.15) is 11.1 Å². The van der Waals surface area contributed by atoms with Crippen molar-refractivity contribution >= 4 is 35.0 Å². The topological polar surface area (TPSA) is 58.7 Å². The van der Waals surface area contributed by atoms with Gasteiger partial charge in [0.1, 0.15) is 0 Å². The van der Waals surface area contributed by atoms with E-state index in [0.717, 1.165) is 11.1 Å². The first-order valence-electron chi connectivity index (χ1n) is 6.85. The van der Waals surface area contributed by atoms with Crippen molar-refractivity contribution in [3.05, 3.63) is 64.8 Å². The number of hydrogen-bond donors (Lipinski definition) is 2. The Balaban J connectivity index is 2.15. The fourth-order valence-corrected chi connectivity index (χ4v) is 2.22. The molecule has 23 heavy (non-hydrogen) atoms. The first-order chi connectivity index (χ1) is 11.0. The van der Waals surface area contributed by atoms with E-state index in [1.807, 2.05) is 36.5 Å². The summed E-state index contributed by atoms with van der Waals surface area (Å²) in [5, 5.41) is 10.6. The first-order valence-corrected chi connectivity index (χ1v) is 7.64. The number of rotatable bonds is 5. The number of thiocarbonyl (C=S) groups is 1. The molecule has 0 saturated carbocycles. The summed E-state index contributed by atoms with van der Waals surface area (Å²) in [5.74, 6) is 0.502. The molecule has 0 radical (unpaired) electrons. The largest absolute Gasteiger partial charge is 0.504 e. The number of phenols is 1. The number of hydrogen-bond acceptors (Lipinski definition) is 3. The molecular formula is C17H17ClN2O2S. The van der Waals surface area contributed by atoms with Gasteiger partial charge in [0.05, 0.1) is 7.11 Å². The van der Waals surface area contributed by atoms with Gasteiger partial charge in [-0.3, -0.25) is 0 Å². The third-order valence-corrected chi connectivity index (χ3v) is 3.68. The minimum absolute atomic E-state index is 0.0924. The molecule has 0 aromatic heterocycles. The van der Waals surface area contributed by atoms with Gasteiger partial charge < -0.3 is 20.5 Å². The van der Waals surface area contributed by atoms with Gasteiger partial charge in [-0.05, 0) is 53.7 Å². The number of nitrogens with zero attached hydrogens (tertiary/aromatic N) is 1. The zero-order valence-corrected chi connectivity index (χ0v) is 14.1. The van der Waals surface area contributed by atoms with Gasteiger partial charge in [0.25, 0.3) is 0 Å². The molecule has 3 N–H and O–H groups in total. The lowest BCUT2D eigenvalue weighted by Gasteiger charge is -2.19. The van der Waals surface area contributed by atoms with E-state index < -0.39 is 0 Å². The van der Waals surface area contributed by atoms with Crippen molar-refractivity contribution in [2.24, 2.45) is 5.73 Å². The molecule has 0 spiro atoms. The Bertz CT molecular complexity index is 717. The van der Waals surface area contributed by atoms with Gasteiger partial charge in [0, 0.05) is 17.8 Å². The minimum Gasteiger partial charge on any atom is -0.504 e. The molecule has 4 nitrogen and oxygen atoms in total. The van der Waals surface area contributed by atoms with Gasteiger partial charge in [0.15, 0.2) is 16.6 Å². The molecule has 0 fully saturated rings. The molecule has 0 atom stereocenters. The Morgan fingerprint density at radius 1 is 1.30 bits per heavy atom. The summed E-state index contributed by atoms with van der Waals surface area (Å²) >= 11 is 11.0. The molecule has 0 bridgehead atoms. The first kappa shape index (κ1) is 17.1. The summed E-state index contributed by atoms with van der Waals surface area (Å²) in [6.07, 6.45) is 3.71. The van der Waals surface area contributed by atoms with Crippen molar-refractivity contribution in [2.45, 2.75) is 6.54 Å². The number of nitrogens with two attached hydrogens (primary N) is 1. The van der Waals surface area contributed by atoms with E-state index in [-0.39, 0.29) is 10.9 Å². The summed E-state index contributed by atoms with van der Waals surface area (Å²) in [4.78, 5) is 1.73. The Morgan fingerprint density at radius 3 is 2.61 bits per heavy atom. The molecule has 0 saturated heterocycles. The number of phenolic OH excluding ortho intramolecular Hbond substituents is 1. The average molecular weight is 349 g/mol. The molecule has 0 amide bonds. The molecule has 0 aliphatic heterocycles. The van der Waals surface area contributed by atoms with Crippen molar-refractivity contribution in [3.8, 4) is 11.5 Å². The molecular weight excluding hydrogens is 332 g/mol. The number of aromatic hydroxyl groups is 1. The Hall–Kier alpha value is -2.24. The second kappa shape index (κ2) is 7.85. The molecule has 0 unspecified atom stereocenters. The number of benzene rings is 2. The van der Waals surface area contributed by atoms with Crippen LogP contribution in [-0.4, -0.2) is 22.2 Å². The van der Waals surface area contributed by atoms with Crippen LogP contribution in [0.2, 0.25) is 5.02 Å². The number of halogens is 1. The molecule has 0 heterocycles. The second-order valence-electron chi connectivity index (χ2n) is 4.84. The normalized spacial score (nSPS) is 10.7.